The largest absolute Gasteiger partial charge is 0.483 e. The Labute approximate surface area is 175 Å². The van der Waals surface area contributed by atoms with Gasteiger partial charge in [-0.1, -0.05) is 35.0 Å². The van der Waals surface area contributed by atoms with Gasteiger partial charge in [-0.15, -0.1) is 0 Å². The van der Waals surface area contributed by atoms with Crippen molar-refractivity contribution in [1.82, 2.24) is 15.6 Å². The second-order valence-corrected chi connectivity index (χ2v) is 6.52. The molecule has 0 unspecified atom stereocenters. The number of aromatic nitrogens is 2. The molecule has 0 aliphatic rings. The van der Waals surface area contributed by atoms with Crippen LogP contribution in [-0.2, 0) is 4.79 Å². The van der Waals surface area contributed by atoms with E-state index in [1.807, 2.05) is 30.3 Å². The van der Waals surface area contributed by atoms with Crippen molar-refractivity contribution < 1.29 is 18.4 Å². The zero-order valence-corrected chi connectivity index (χ0v) is 16.1. The lowest BCUT2D eigenvalue weighted by molar-refractivity contribution is -0.123. The Morgan fingerprint density at radius 2 is 2.10 bits per heavy atom. The first kappa shape index (κ1) is 19.5. The summed E-state index contributed by atoms with van der Waals surface area (Å²) < 4.78 is 24.1. The van der Waals surface area contributed by atoms with Crippen molar-refractivity contribution >= 4 is 34.6 Å². The molecule has 7 nitrogen and oxygen atoms in total. The fourth-order valence-corrected chi connectivity index (χ4v) is 2.92. The topological polar surface area (TPSA) is 89.6 Å². The van der Waals surface area contributed by atoms with E-state index in [1.54, 1.807) is 6.07 Å². The summed E-state index contributed by atoms with van der Waals surface area (Å²) in [6.07, 6.45) is 2.83. The molecule has 0 aliphatic carbocycles. The molecule has 0 saturated carbocycles. The maximum Gasteiger partial charge on any atom is 0.277 e. The Balaban J connectivity index is 1.40. The van der Waals surface area contributed by atoms with Gasteiger partial charge in [-0.3, -0.25) is 4.79 Å². The van der Waals surface area contributed by atoms with Gasteiger partial charge in [0.1, 0.15) is 16.7 Å². The highest BCUT2D eigenvalue weighted by molar-refractivity contribution is 6.32. The Kier molecular flexibility index (Phi) is 5.67. The molecule has 1 N–H and O–H groups in total. The molecule has 0 fully saturated rings. The molecule has 0 saturated heterocycles. The Bertz CT molecular complexity index is 1230. The minimum absolute atomic E-state index is 0.269. The van der Waals surface area contributed by atoms with Crippen molar-refractivity contribution in [3.05, 3.63) is 77.3 Å². The van der Waals surface area contributed by atoms with Gasteiger partial charge in [-0.05, 0) is 30.3 Å². The Morgan fingerprint density at radius 3 is 2.93 bits per heavy atom. The summed E-state index contributed by atoms with van der Waals surface area (Å²) in [5, 5.41) is 8.65. The van der Waals surface area contributed by atoms with Gasteiger partial charge in [-0.25, -0.2) is 14.8 Å². The van der Waals surface area contributed by atoms with E-state index in [4.69, 9.17) is 20.9 Å². The fourth-order valence-electron chi connectivity index (χ4n) is 2.72. The van der Waals surface area contributed by atoms with Gasteiger partial charge in [-0.2, -0.15) is 5.10 Å². The van der Waals surface area contributed by atoms with Crippen molar-refractivity contribution in [2.75, 3.05) is 6.61 Å². The molecule has 4 rings (SSSR count). The predicted octanol–water partition coefficient (Wildman–Crippen LogP) is 4.21. The highest BCUT2D eigenvalue weighted by Gasteiger charge is 2.13. The van der Waals surface area contributed by atoms with E-state index in [0.29, 0.717) is 16.9 Å². The standard InChI is InChI=1S/C21H14ClFN4O3/c22-21-14(9-13-3-1-2-4-17(13)26-21)11-24-27-20(28)12-29-18-6-5-15(23)10-16(18)19-7-8-25-30-19/h1-11H,12H2,(H,27,28)/b24-11+. The molecule has 2 aromatic carbocycles. The van der Waals surface area contributed by atoms with Crippen molar-refractivity contribution in [3.8, 4) is 17.1 Å². The second-order valence-electron chi connectivity index (χ2n) is 6.16. The van der Waals surface area contributed by atoms with Gasteiger partial charge in [0.15, 0.2) is 12.4 Å². The van der Waals surface area contributed by atoms with Gasteiger partial charge < -0.3 is 9.26 Å². The number of amides is 1. The number of carbonyl (C=O) groups excluding carboxylic acids is 1. The molecule has 0 aliphatic heterocycles. The number of hydrogen-bond acceptors (Lipinski definition) is 6. The maximum atomic E-state index is 13.6. The van der Waals surface area contributed by atoms with Crippen LogP contribution in [0.15, 0.2) is 70.4 Å². The van der Waals surface area contributed by atoms with E-state index in [1.165, 1.54) is 30.6 Å². The van der Waals surface area contributed by atoms with Gasteiger partial charge in [0, 0.05) is 17.0 Å². The van der Waals surface area contributed by atoms with E-state index in [2.05, 4.69) is 20.7 Å². The third-order valence-electron chi connectivity index (χ3n) is 4.10. The molecule has 1 amide bonds. The number of pyridine rings is 1. The van der Waals surface area contributed by atoms with Gasteiger partial charge in [0.05, 0.1) is 23.5 Å². The number of hydrogen-bond donors (Lipinski definition) is 1. The smallest absolute Gasteiger partial charge is 0.277 e. The first-order valence-electron chi connectivity index (χ1n) is 8.81. The fraction of sp³-hybridized carbons (Fsp3) is 0.0476. The highest BCUT2D eigenvalue weighted by Crippen LogP contribution is 2.30. The molecular formula is C21H14ClFN4O3. The number of fused-ring (bicyclic) bond motifs is 1. The number of rotatable bonds is 6. The van der Waals surface area contributed by atoms with Crippen molar-refractivity contribution in [3.63, 3.8) is 0 Å². The first-order chi connectivity index (χ1) is 14.6. The molecule has 150 valence electrons. The molecule has 2 aromatic heterocycles. The lowest BCUT2D eigenvalue weighted by Gasteiger charge is -2.09. The average molecular weight is 425 g/mol. The summed E-state index contributed by atoms with van der Waals surface area (Å²) in [5.41, 5.74) is 4.02. The molecular weight excluding hydrogens is 411 g/mol. The van der Waals surface area contributed by atoms with Crippen molar-refractivity contribution in [2.45, 2.75) is 0 Å². The quantitative estimate of drug-likeness (QED) is 0.284. The SMILES string of the molecule is O=C(COc1ccc(F)cc1-c1ccno1)N/N=C/c1cc2ccccc2nc1Cl. The lowest BCUT2D eigenvalue weighted by atomic mass is 10.1. The summed E-state index contributed by atoms with van der Waals surface area (Å²) in [6.45, 7) is -0.339. The van der Waals surface area contributed by atoms with Crippen molar-refractivity contribution in [1.29, 1.82) is 0 Å². The molecule has 4 aromatic rings. The number of benzene rings is 2. The molecule has 2 heterocycles. The van der Waals surface area contributed by atoms with Crippen LogP contribution in [0.5, 0.6) is 5.75 Å². The highest BCUT2D eigenvalue weighted by atomic mass is 35.5. The maximum absolute atomic E-state index is 13.6. The molecule has 9 heteroatoms. The predicted molar refractivity (Wildman–Crippen MR) is 110 cm³/mol. The van der Waals surface area contributed by atoms with E-state index in [-0.39, 0.29) is 17.5 Å². The molecule has 0 radical (unpaired) electrons. The van der Waals surface area contributed by atoms with E-state index in [0.717, 1.165) is 10.9 Å². The van der Waals surface area contributed by atoms with Crippen LogP contribution in [-0.4, -0.2) is 28.9 Å². The van der Waals surface area contributed by atoms with Crippen LogP contribution in [0.25, 0.3) is 22.2 Å². The summed E-state index contributed by atoms with van der Waals surface area (Å²) in [6, 6.07) is 14.8. The van der Waals surface area contributed by atoms with Gasteiger partial charge in [0.25, 0.3) is 5.91 Å². The van der Waals surface area contributed by atoms with E-state index >= 15 is 0 Å². The third kappa shape index (κ3) is 4.44. The minimum atomic E-state index is -0.510. The number of nitrogens with zero attached hydrogens (tertiary/aromatic N) is 3. The van der Waals surface area contributed by atoms with E-state index in [9.17, 15) is 9.18 Å². The average Bonchev–Trinajstić information content (AvgIpc) is 3.28. The second kappa shape index (κ2) is 8.71. The normalized spacial score (nSPS) is 11.1. The number of nitrogens with one attached hydrogen (secondary N) is 1. The van der Waals surface area contributed by atoms with Gasteiger partial charge in [0.2, 0.25) is 0 Å². The van der Waals surface area contributed by atoms with Crippen LogP contribution in [0.1, 0.15) is 5.56 Å². The lowest BCUT2D eigenvalue weighted by Crippen LogP contribution is -2.24. The molecule has 0 atom stereocenters. The van der Waals surface area contributed by atoms with Crippen LogP contribution in [0.3, 0.4) is 0 Å². The number of ether oxygens (including phenoxy) is 1. The summed E-state index contributed by atoms with van der Waals surface area (Å²) in [4.78, 5) is 16.3. The van der Waals surface area contributed by atoms with Gasteiger partial charge >= 0.3 is 0 Å². The molecule has 0 bridgehead atoms. The van der Waals surface area contributed by atoms with Crippen LogP contribution in [0.2, 0.25) is 5.15 Å². The zero-order valence-electron chi connectivity index (χ0n) is 15.4. The minimum Gasteiger partial charge on any atom is -0.483 e. The third-order valence-corrected chi connectivity index (χ3v) is 4.40. The van der Waals surface area contributed by atoms with Crippen LogP contribution in [0, 0.1) is 5.82 Å². The first-order valence-corrected chi connectivity index (χ1v) is 9.18. The van der Waals surface area contributed by atoms with E-state index < -0.39 is 11.7 Å². The summed E-state index contributed by atoms with van der Waals surface area (Å²) in [5.74, 6) is -0.386. The van der Waals surface area contributed by atoms with Crippen LogP contribution < -0.4 is 10.2 Å². The number of carbonyl (C=O) groups is 1. The number of hydrazone groups is 1. The molecule has 0 spiro atoms. The Hall–Kier alpha value is -3.78. The monoisotopic (exact) mass is 424 g/mol. The van der Waals surface area contributed by atoms with Crippen molar-refractivity contribution in [2.24, 2.45) is 5.10 Å². The van der Waals surface area contributed by atoms with Crippen LogP contribution >= 0.6 is 11.6 Å². The zero-order chi connectivity index (χ0) is 20.9. The molecule has 30 heavy (non-hydrogen) atoms. The Morgan fingerprint density at radius 1 is 1.23 bits per heavy atom. The number of halogens is 2. The number of para-hydroxylation sites is 1. The summed E-state index contributed by atoms with van der Waals surface area (Å²) >= 11 is 6.15. The van der Waals surface area contributed by atoms with Crippen LogP contribution in [0.4, 0.5) is 4.39 Å². The summed E-state index contributed by atoms with van der Waals surface area (Å²) in [7, 11) is 0.